The van der Waals surface area contributed by atoms with Crippen molar-refractivity contribution in [1.29, 1.82) is 0 Å². The lowest BCUT2D eigenvalue weighted by molar-refractivity contribution is -0.116. The number of carbonyl (C=O) groups excluding carboxylic acids is 1. The average Bonchev–Trinajstić information content (AvgIpc) is 2.95. The van der Waals surface area contributed by atoms with Crippen molar-refractivity contribution in [2.75, 3.05) is 37.2 Å². The second-order valence-corrected chi connectivity index (χ2v) is 9.10. The van der Waals surface area contributed by atoms with E-state index in [0.717, 1.165) is 54.3 Å². The van der Waals surface area contributed by atoms with Crippen molar-refractivity contribution >= 4 is 35.0 Å². The van der Waals surface area contributed by atoms with Crippen LogP contribution in [-0.2, 0) is 4.79 Å². The summed E-state index contributed by atoms with van der Waals surface area (Å²) >= 11 is 0. The summed E-state index contributed by atoms with van der Waals surface area (Å²) in [6, 6.07) is 18.4. The molecule has 0 radical (unpaired) electrons. The van der Waals surface area contributed by atoms with Gasteiger partial charge in [0.25, 0.3) is 5.91 Å². The van der Waals surface area contributed by atoms with Crippen molar-refractivity contribution in [3.63, 3.8) is 0 Å². The molecule has 0 aliphatic carbocycles. The topological polar surface area (TPSA) is 91.3 Å². The van der Waals surface area contributed by atoms with Crippen LogP contribution in [0.4, 0.5) is 17.1 Å². The largest absolute Gasteiger partial charge is 0.497 e. The fourth-order valence-corrected chi connectivity index (χ4v) is 4.61. The third kappa shape index (κ3) is 6.08. The predicted molar refractivity (Wildman–Crippen MR) is 150 cm³/mol. The summed E-state index contributed by atoms with van der Waals surface area (Å²) in [5.41, 5.74) is 7.55. The Kier molecular flexibility index (Phi) is 8.53. The van der Waals surface area contributed by atoms with Gasteiger partial charge in [0.05, 0.1) is 31.3 Å². The van der Waals surface area contributed by atoms with Crippen LogP contribution in [0.15, 0.2) is 66.7 Å². The number of rotatable bonds is 9. The Balaban J connectivity index is 1.67. The molecule has 0 aromatic heterocycles. The molecule has 1 amide bonds. The fraction of sp³-hybridized carbons (Fsp3) is 0.267. The van der Waals surface area contributed by atoms with Gasteiger partial charge in [-0.25, -0.2) is 4.79 Å². The van der Waals surface area contributed by atoms with Gasteiger partial charge < -0.3 is 19.5 Å². The first-order valence-corrected chi connectivity index (χ1v) is 12.6. The van der Waals surface area contributed by atoms with Gasteiger partial charge in [-0.05, 0) is 85.9 Å². The van der Waals surface area contributed by atoms with E-state index in [1.165, 1.54) is 25.7 Å². The smallest absolute Gasteiger partial charge is 0.339 e. The fourth-order valence-electron chi connectivity index (χ4n) is 4.61. The lowest BCUT2D eigenvalue weighted by Gasteiger charge is -2.35. The molecule has 8 heteroatoms. The minimum atomic E-state index is -1.08. The van der Waals surface area contributed by atoms with E-state index in [1.807, 2.05) is 48.3 Å². The maximum Gasteiger partial charge on any atom is 0.339 e. The van der Waals surface area contributed by atoms with Crippen LogP contribution in [0.5, 0.6) is 11.5 Å². The molecule has 0 spiro atoms. The van der Waals surface area contributed by atoms with Crippen LogP contribution in [0.1, 0.15) is 40.7 Å². The van der Waals surface area contributed by atoms with Crippen LogP contribution >= 0.6 is 0 Å². The third-order valence-corrected chi connectivity index (χ3v) is 6.57. The number of aromatic carboxylic acids is 1. The van der Waals surface area contributed by atoms with Gasteiger partial charge in [0.2, 0.25) is 0 Å². The maximum absolute atomic E-state index is 13.2. The maximum atomic E-state index is 13.2. The number of nitrogens with zero attached hydrogens (tertiary/aromatic N) is 2. The number of aryl methyl sites for hydroxylation is 1. The van der Waals surface area contributed by atoms with E-state index in [1.54, 1.807) is 25.3 Å². The number of anilines is 3. The number of carboxylic acid groups (broad SMARTS) is 1. The summed E-state index contributed by atoms with van der Waals surface area (Å²) in [7, 11) is 3.03. The molecule has 1 saturated heterocycles. The van der Waals surface area contributed by atoms with E-state index >= 15 is 0 Å². The Morgan fingerprint density at radius 2 is 1.71 bits per heavy atom. The van der Waals surface area contributed by atoms with Gasteiger partial charge in [-0.3, -0.25) is 15.2 Å². The predicted octanol–water partition coefficient (Wildman–Crippen LogP) is 5.58. The van der Waals surface area contributed by atoms with Crippen molar-refractivity contribution in [3.8, 4) is 11.5 Å². The Bertz CT molecular complexity index is 1310. The zero-order chi connectivity index (χ0) is 27.1. The number of nitrogens with one attached hydrogen (secondary N) is 1. The molecule has 8 nitrogen and oxygen atoms in total. The molecule has 3 aromatic carbocycles. The van der Waals surface area contributed by atoms with Gasteiger partial charge in [0.15, 0.2) is 0 Å². The van der Waals surface area contributed by atoms with Crippen LogP contribution in [0.2, 0.25) is 0 Å². The van der Waals surface area contributed by atoms with Gasteiger partial charge in [-0.1, -0.05) is 18.2 Å². The molecule has 0 atom stereocenters. The van der Waals surface area contributed by atoms with Crippen molar-refractivity contribution in [3.05, 3.63) is 83.4 Å². The zero-order valence-corrected chi connectivity index (χ0v) is 21.9. The highest BCUT2D eigenvalue weighted by Crippen LogP contribution is 2.38. The van der Waals surface area contributed by atoms with Crippen molar-refractivity contribution < 1.29 is 24.2 Å². The molecule has 0 bridgehead atoms. The first-order chi connectivity index (χ1) is 18.4. The van der Waals surface area contributed by atoms with Gasteiger partial charge in [0, 0.05) is 19.2 Å². The molecule has 38 heavy (non-hydrogen) atoms. The molecule has 2 N–H and O–H groups in total. The molecular formula is C30H33N3O5. The van der Waals surface area contributed by atoms with Crippen LogP contribution in [0.3, 0.4) is 0 Å². The molecule has 1 heterocycles. The van der Waals surface area contributed by atoms with Crippen LogP contribution in [-0.4, -0.2) is 44.3 Å². The summed E-state index contributed by atoms with van der Waals surface area (Å²) in [4.78, 5) is 27.0. The molecule has 3 aromatic rings. The summed E-state index contributed by atoms with van der Waals surface area (Å²) < 4.78 is 10.5. The molecule has 1 fully saturated rings. The number of benzene rings is 3. The van der Waals surface area contributed by atoms with Crippen LogP contribution in [0.25, 0.3) is 6.08 Å². The molecular weight excluding hydrogens is 482 g/mol. The molecule has 1 aliphatic heterocycles. The Morgan fingerprint density at radius 1 is 0.974 bits per heavy atom. The number of ether oxygens (including phenoxy) is 2. The quantitative estimate of drug-likeness (QED) is 0.284. The number of hydrazine groups is 1. The standard InChI is InChI=1S/C30H33N3O5/c1-21-8-7-9-26(32-18-5-4-6-19-32)29(21)33(23-12-14-24(37-2)15-13-23)31-28(34)17-11-22-10-16-25(30(35)36)27(20-22)38-3/h7-17,20H,4-6,18-19H2,1-3H3,(H,31,34)(H,35,36)/b17-11+. The summed E-state index contributed by atoms with van der Waals surface area (Å²) in [6.07, 6.45) is 6.54. The third-order valence-electron chi connectivity index (χ3n) is 6.57. The number of carbonyl (C=O) groups is 2. The van der Waals surface area contributed by atoms with E-state index in [-0.39, 0.29) is 17.2 Å². The molecule has 1 aliphatic rings. The molecule has 0 saturated carbocycles. The molecule has 4 rings (SSSR count). The van der Waals surface area contributed by atoms with Gasteiger partial charge in [0.1, 0.15) is 17.1 Å². The Hall–Kier alpha value is -4.46. The van der Waals surface area contributed by atoms with E-state index in [2.05, 4.69) is 16.4 Å². The Morgan fingerprint density at radius 3 is 2.37 bits per heavy atom. The number of amides is 1. The number of hydrogen-bond donors (Lipinski definition) is 2. The summed E-state index contributed by atoms with van der Waals surface area (Å²) in [5.74, 6) is -0.464. The van der Waals surface area contributed by atoms with E-state index < -0.39 is 5.97 Å². The lowest BCUT2D eigenvalue weighted by atomic mass is 10.1. The minimum absolute atomic E-state index is 0.0598. The molecule has 0 unspecified atom stereocenters. The van der Waals surface area contributed by atoms with Crippen LogP contribution in [0, 0.1) is 6.92 Å². The zero-order valence-electron chi connectivity index (χ0n) is 21.9. The van der Waals surface area contributed by atoms with E-state index in [4.69, 9.17) is 9.47 Å². The van der Waals surface area contributed by atoms with Gasteiger partial charge in [-0.15, -0.1) is 0 Å². The Labute approximate surface area is 223 Å². The van der Waals surface area contributed by atoms with E-state index in [9.17, 15) is 14.7 Å². The number of carboxylic acids is 1. The van der Waals surface area contributed by atoms with Gasteiger partial charge in [-0.2, -0.15) is 0 Å². The summed E-state index contributed by atoms with van der Waals surface area (Å²) in [5, 5.41) is 11.1. The highest BCUT2D eigenvalue weighted by atomic mass is 16.5. The first kappa shape index (κ1) is 26.6. The highest BCUT2D eigenvalue weighted by Gasteiger charge is 2.22. The second-order valence-electron chi connectivity index (χ2n) is 9.10. The second kappa shape index (κ2) is 12.2. The molecule has 198 valence electrons. The highest BCUT2D eigenvalue weighted by molar-refractivity contribution is 5.96. The first-order valence-electron chi connectivity index (χ1n) is 12.6. The summed E-state index contributed by atoms with van der Waals surface area (Å²) in [6.45, 7) is 3.97. The van der Waals surface area contributed by atoms with Crippen molar-refractivity contribution in [1.82, 2.24) is 5.43 Å². The number of para-hydroxylation sites is 1. The average molecular weight is 516 g/mol. The number of hydrogen-bond acceptors (Lipinski definition) is 6. The lowest BCUT2D eigenvalue weighted by Crippen LogP contribution is -2.40. The normalized spacial score (nSPS) is 13.3. The van der Waals surface area contributed by atoms with E-state index in [0.29, 0.717) is 5.56 Å². The monoisotopic (exact) mass is 515 g/mol. The van der Waals surface area contributed by atoms with Crippen molar-refractivity contribution in [2.24, 2.45) is 0 Å². The SMILES string of the molecule is COc1ccc(N(NC(=O)/C=C/c2ccc(C(=O)O)c(OC)c2)c2c(C)cccc2N2CCCCC2)cc1. The minimum Gasteiger partial charge on any atom is -0.497 e. The van der Waals surface area contributed by atoms with Gasteiger partial charge >= 0.3 is 5.97 Å². The number of methoxy groups -OCH3 is 2. The van der Waals surface area contributed by atoms with Crippen LogP contribution < -0.4 is 24.8 Å². The van der Waals surface area contributed by atoms with Crippen molar-refractivity contribution in [2.45, 2.75) is 26.2 Å². The number of piperidine rings is 1.